The molecule has 4 heteroatoms. The van der Waals surface area contributed by atoms with Crippen LogP contribution in [0.5, 0.6) is 0 Å². The second kappa shape index (κ2) is 5.27. The fourth-order valence-corrected chi connectivity index (χ4v) is 2.31. The highest BCUT2D eigenvalue weighted by Gasteiger charge is 2.34. The molecule has 20 heavy (non-hydrogen) atoms. The standard InChI is InChI=1S/C16H21NO3/c1-16(2,3)12-7-5-4-6-11(12)13(15(19)20)17-14(18)10-8-9-10/h4-7,10,13H,8-9H2,1-3H3,(H,17,18)(H,19,20)/t13-/m0/s1. The number of carbonyl (C=O) groups excluding carboxylic acids is 1. The lowest BCUT2D eigenvalue weighted by Gasteiger charge is -2.26. The third kappa shape index (κ3) is 3.18. The Labute approximate surface area is 119 Å². The van der Waals surface area contributed by atoms with E-state index in [-0.39, 0.29) is 17.2 Å². The SMILES string of the molecule is CC(C)(C)c1ccccc1[C@H](NC(=O)C1CC1)C(=O)O. The average molecular weight is 275 g/mol. The van der Waals surface area contributed by atoms with Crippen LogP contribution in [0.4, 0.5) is 0 Å². The predicted molar refractivity (Wildman–Crippen MR) is 76.4 cm³/mol. The maximum absolute atomic E-state index is 11.9. The minimum Gasteiger partial charge on any atom is -0.479 e. The number of carboxylic acids is 1. The van der Waals surface area contributed by atoms with E-state index in [1.807, 2.05) is 39.0 Å². The molecule has 0 aromatic heterocycles. The Morgan fingerprint density at radius 3 is 2.35 bits per heavy atom. The van der Waals surface area contributed by atoms with Crippen molar-refractivity contribution in [1.82, 2.24) is 5.32 Å². The molecule has 1 aromatic rings. The highest BCUT2D eigenvalue weighted by Crippen LogP contribution is 2.32. The summed E-state index contributed by atoms with van der Waals surface area (Å²) in [4.78, 5) is 23.4. The Morgan fingerprint density at radius 1 is 1.25 bits per heavy atom. The third-order valence-electron chi connectivity index (χ3n) is 3.56. The van der Waals surface area contributed by atoms with Gasteiger partial charge in [-0.2, -0.15) is 0 Å². The number of carbonyl (C=O) groups is 2. The molecule has 0 unspecified atom stereocenters. The third-order valence-corrected chi connectivity index (χ3v) is 3.56. The number of aliphatic carboxylic acids is 1. The van der Waals surface area contributed by atoms with Gasteiger partial charge >= 0.3 is 5.97 Å². The molecule has 0 radical (unpaired) electrons. The van der Waals surface area contributed by atoms with Crippen molar-refractivity contribution < 1.29 is 14.7 Å². The molecule has 1 atom stereocenters. The van der Waals surface area contributed by atoms with E-state index in [0.29, 0.717) is 5.56 Å². The second-order valence-electron chi connectivity index (χ2n) is 6.39. The fourth-order valence-electron chi connectivity index (χ4n) is 2.31. The number of carboxylic acid groups (broad SMARTS) is 1. The molecule has 1 fully saturated rings. The van der Waals surface area contributed by atoms with Crippen LogP contribution in [-0.4, -0.2) is 17.0 Å². The van der Waals surface area contributed by atoms with Crippen molar-refractivity contribution in [3.8, 4) is 0 Å². The van der Waals surface area contributed by atoms with E-state index in [0.717, 1.165) is 18.4 Å². The lowest BCUT2D eigenvalue weighted by molar-refractivity contribution is -0.142. The van der Waals surface area contributed by atoms with Crippen LogP contribution < -0.4 is 5.32 Å². The average Bonchev–Trinajstić information content (AvgIpc) is 3.18. The van der Waals surface area contributed by atoms with Gasteiger partial charge in [0, 0.05) is 5.92 Å². The minimum atomic E-state index is -1.02. The van der Waals surface area contributed by atoms with Gasteiger partial charge in [0.1, 0.15) is 0 Å². The van der Waals surface area contributed by atoms with E-state index in [2.05, 4.69) is 5.32 Å². The highest BCUT2D eigenvalue weighted by molar-refractivity contribution is 5.87. The van der Waals surface area contributed by atoms with Gasteiger partial charge in [-0.25, -0.2) is 4.79 Å². The topological polar surface area (TPSA) is 66.4 Å². The predicted octanol–water partition coefficient (Wildman–Crippen LogP) is 2.64. The van der Waals surface area contributed by atoms with E-state index in [4.69, 9.17) is 0 Å². The van der Waals surface area contributed by atoms with E-state index >= 15 is 0 Å². The van der Waals surface area contributed by atoms with Crippen molar-refractivity contribution in [2.75, 3.05) is 0 Å². The molecule has 108 valence electrons. The maximum atomic E-state index is 11.9. The molecule has 1 aliphatic carbocycles. The van der Waals surface area contributed by atoms with Crippen LogP contribution in [0.3, 0.4) is 0 Å². The molecule has 4 nitrogen and oxygen atoms in total. The first-order valence-corrected chi connectivity index (χ1v) is 6.93. The Kier molecular flexibility index (Phi) is 3.84. The van der Waals surface area contributed by atoms with Gasteiger partial charge in [-0.05, 0) is 29.4 Å². The smallest absolute Gasteiger partial charge is 0.330 e. The Hall–Kier alpha value is -1.84. The van der Waals surface area contributed by atoms with Gasteiger partial charge in [0.05, 0.1) is 0 Å². The summed E-state index contributed by atoms with van der Waals surface area (Å²) in [6.07, 6.45) is 1.72. The minimum absolute atomic E-state index is 0.00125. The molecule has 1 amide bonds. The molecule has 1 aromatic carbocycles. The number of amides is 1. The van der Waals surface area contributed by atoms with E-state index in [1.54, 1.807) is 6.07 Å². The lowest BCUT2D eigenvalue weighted by atomic mass is 9.82. The molecule has 2 rings (SSSR count). The summed E-state index contributed by atoms with van der Waals surface area (Å²) >= 11 is 0. The quantitative estimate of drug-likeness (QED) is 0.887. The summed E-state index contributed by atoms with van der Waals surface area (Å²) in [6.45, 7) is 6.11. The van der Waals surface area contributed by atoms with Gasteiger partial charge in [0.2, 0.25) is 5.91 Å². The highest BCUT2D eigenvalue weighted by atomic mass is 16.4. The molecule has 2 N–H and O–H groups in total. The van der Waals surface area contributed by atoms with Crippen molar-refractivity contribution in [3.63, 3.8) is 0 Å². The van der Waals surface area contributed by atoms with Crippen LogP contribution >= 0.6 is 0 Å². The molecule has 0 saturated heterocycles. The summed E-state index contributed by atoms with van der Waals surface area (Å²) in [5.74, 6) is -1.17. The van der Waals surface area contributed by atoms with Gasteiger partial charge in [-0.15, -0.1) is 0 Å². The molecule has 0 aliphatic heterocycles. The van der Waals surface area contributed by atoms with Crippen LogP contribution in [-0.2, 0) is 15.0 Å². The van der Waals surface area contributed by atoms with Crippen LogP contribution in [0.15, 0.2) is 24.3 Å². The first-order valence-electron chi connectivity index (χ1n) is 6.93. The van der Waals surface area contributed by atoms with E-state index in [9.17, 15) is 14.7 Å². The van der Waals surface area contributed by atoms with Gasteiger partial charge < -0.3 is 10.4 Å². The number of benzene rings is 1. The van der Waals surface area contributed by atoms with Crippen molar-refractivity contribution in [1.29, 1.82) is 0 Å². The lowest BCUT2D eigenvalue weighted by Crippen LogP contribution is -2.36. The number of rotatable bonds is 4. The zero-order chi connectivity index (χ0) is 14.9. The zero-order valence-electron chi connectivity index (χ0n) is 12.1. The van der Waals surface area contributed by atoms with Crippen molar-refractivity contribution in [2.45, 2.75) is 45.1 Å². The largest absolute Gasteiger partial charge is 0.479 e. The number of hydrogen-bond donors (Lipinski definition) is 2. The van der Waals surface area contributed by atoms with Crippen molar-refractivity contribution >= 4 is 11.9 Å². The molecule has 1 saturated carbocycles. The van der Waals surface area contributed by atoms with Gasteiger partial charge in [-0.1, -0.05) is 45.0 Å². The first-order chi connectivity index (χ1) is 9.30. The fraction of sp³-hybridized carbons (Fsp3) is 0.500. The Morgan fingerprint density at radius 2 is 1.85 bits per heavy atom. The molecule has 1 aliphatic rings. The summed E-state index contributed by atoms with van der Waals surface area (Å²) in [5.41, 5.74) is 1.44. The van der Waals surface area contributed by atoms with Gasteiger partial charge in [-0.3, -0.25) is 4.79 Å². The van der Waals surface area contributed by atoms with Crippen LogP contribution in [0, 0.1) is 5.92 Å². The summed E-state index contributed by atoms with van der Waals surface area (Å²) in [6, 6.07) is 6.44. The second-order valence-corrected chi connectivity index (χ2v) is 6.39. The monoisotopic (exact) mass is 275 g/mol. The molecular weight excluding hydrogens is 254 g/mol. The molecule has 0 spiro atoms. The van der Waals surface area contributed by atoms with Crippen LogP contribution in [0.2, 0.25) is 0 Å². The summed E-state index contributed by atoms with van der Waals surface area (Å²) in [5, 5.41) is 12.1. The zero-order valence-corrected chi connectivity index (χ0v) is 12.1. The summed E-state index contributed by atoms with van der Waals surface area (Å²) in [7, 11) is 0. The Bertz CT molecular complexity index is 527. The Balaban J connectivity index is 2.34. The van der Waals surface area contributed by atoms with Crippen molar-refractivity contribution in [2.24, 2.45) is 5.92 Å². The normalized spacial score (nSPS) is 16.6. The first kappa shape index (κ1) is 14.6. The van der Waals surface area contributed by atoms with Crippen molar-refractivity contribution in [3.05, 3.63) is 35.4 Å². The maximum Gasteiger partial charge on any atom is 0.330 e. The molecule has 0 bridgehead atoms. The summed E-state index contributed by atoms with van der Waals surface area (Å²) < 4.78 is 0. The van der Waals surface area contributed by atoms with Crippen LogP contribution in [0.25, 0.3) is 0 Å². The van der Waals surface area contributed by atoms with Crippen LogP contribution in [0.1, 0.15) is 50.8 Å². The number of hydrogen-bond acceptors (Lipinski definition) is 2. The van der Waals surface area contributed by atoms with Gasteiger partial charge in [0.15, 0.2) is 6.04 Å². The van der Waals surface area contributed by atoms with E-state index in [1.165, 1.54) is 0 Å². The van der Waals surface area contributed by atoms with Gasteiger partial charge in [0.25, 0.3) is 0 Å². The molecular formula is C16H21NO3. The van der Waals surface area contributed by atoms with E-state index < -0.39 is 12.0 Å². The number of nitrogens with one attached hydrogen (secondary N) is 1. The molecule has 0 heterocycles.